The molecule has 0 fully saturated rings. The lowest BCUT2D eigenvalue weighted by Gasteiger charge is -2.41. The molecular weight excluding hydrogens is 475 g/mol. The molecule has 2 atom stereocenters. The minimum atomic E-state index is -4.36. The van der Waals surface area contributed by atoms with Gasteiger partial charge in [0.15, 0.2) is 5.58 Å². The van der Waals surface area contributed by atoms with E-state index in [9.17, 15) is 18.0 Å². The van der Waals surface area contributed by atoms with Gasteiger partial charge in [0, 0.05) is 27.8 Å². The molecular formula is C22H23BrF3N3O2. The lowest BCUT2D eigenvalue weighted by Crippen LogP contribution is -2.47. The van der Waals surface area contributed by atoms with Gasteiger partial charge in [0.2, 0.25) is 0 Å². The van der Waals surface area contributed by atoms with E-state index in [0.29, 0.717) is 28.8 Å². The first-order valence-corrected chi connectivity index (χ1v) is 10.8. The summed E-state index contributed by atoms with van der Waals surface area (Å²) in [6.45, 7) is 6.43. The molecule has 3 heterocycles. The van der Waals surface area contributed by atoms with E-state index in [2.05, 4.69) is 20.9 Å². The molecule has 0 amide bonds. The SMILES string of the molecule is C[C@@H]1Cc2c(ccc3c2oc(=O)n3C(C)(C)C)[C@@H](c2ccc(Br)cn2)N1CC(F)(F)F. The van der Waals surface area contributed by atoms with Crippen molar-refractivity contribution in [3.05, 3.63) is 62.3 Å². The monoisotopic (exact) mass is 497 g/mol. The lowest BCUT2D eigenvalue weighted by atomic mass is 9.86. The largest absolute Gasteiger partial charge is 0.420 e. The molecule has 0 saturated heterocycles. The standard InChI is InChI=1S/C22H23BrF3N3O2/c1-12-9-15-14(6-8-17-19(15)31-20(30)29(17)21(2,3)4)18(28(12)11-22(24,25)26)16-7-5-13(23)10-27-16/h5-8,10,12,18H,9,11H2,1-4H3/t12-,18+/m1/s1. The molecule has 0 unspecified atom stereocenters. The summed E-state index contributed by atoms with van der Waals surface area (Å²) >= 11 is 3.33. The summed E-state index contributed by atoms with van der Waals surface area (Å²) in [5, 5.41) is 0. The number of fused-ring (bicyclic) bond motifs is 3. The van der Waals surface area contributed by atoms with Gasteiger partial charge in [-0.1, -0.05) is 6.07 Å². The van der Waals surface area contributed by atoms with Crippen molar-refractivity contribution in [1.29, 1.82) is 0 Å². The summed E-state index contributed by atoms with van der Waals surface area (Å²) in [7, 11) is 0. The molecule has 0 spiro atoms. The van der Waals surface area contributed by atoms with E-state index in [1.165, 1.54) is 4.90 Å². The fourth-order valence-corrected chi connectivity index (χ4v) is 4.67. The molecule has 0 aliphatic carbocycles. The third-order valence-electron chi connectivity index (χ3n) is 5.64. The summed E-state index contributed by atoms with van der Waals surface area (Å²) in [4.78, 5) is 18.4. The highest BCUT2D eigenvalue weighted by Crippen LogP contribution is 2.42. The van der Waals surface area contributed by atoms with E-state index in [1.54, 1.807) is 42.0 Å². The van der Waals surface area contributed by atoms with Gasteiger partial charge in [0.05, 0.1) is 23.8 Å². The van der Waals surface area contributed by atoms with E-state index >= 15 is 0 Å². The van der Waals surface area contributed by atoms with Crippen LogP contribution in [0.5, 0.6) is 0 Å². The Balaban J connectivity index is 1.96. The minimum Gasteiger partial charge on any atom is -0.407 e. The number of oxazole rings is 1. The maximum absolute atomic E-state index is 13.5. The molecule has 1 aromatic carbocycles. The number of aromatic nitrogens is 2. The van der Waals surface area contributed by atoms with Gasteiger partial charge < -0.3 is 4.42 Å². The highest BCUT2D eigenvalue weighted by molar-refractivity contribution is 9.10. The summed E-state index contributed by atoms with van der Waals surface area (Å²) in [6, 6.07) is 5.92. The first-order chi connectivity index (χ1) is 14.4. The van der Waals surface area contributed by atoms with Crippen LogP contribution in [0.25, 0.3) is 11.1 Å². The van der Waals surface area contributed by atoms with Gasteiger partial charge in [-0.2, -0.15) is 13.2 Å². The number of halogens is 4. The predicted molar refractivity (Wildman–Crippen MR) is 115 cm³/mol. The zero-order valence-corrected chi connectivity index (χ0v) is 19.2. The van der Waals surface area contributed by atoms with E-state index in [4.69, 9.17) is 4.42 Å². The summed E-state index contributed by atoms with van der Waals surface area (Å²) in [5.41, 5.74) is 2.55. The average molecular weight is 498 g/mol. The smallest absolute Gasteiger partial charge is 0.407 e. The fraction of sp³-hybridized carbons (Fsp3) is 0.455. The second-order valence-electron chi connectivity index (χ2n) is 9.00. The quantitative estimate of drug-likeness (QED) is 0.475. The van der Waals surface area contributed by atoms with Crippen LogP contribution >= 0.6 is 15.9 Å². The number of pyridine rings is 1. The zero-order chi connectivity index (χ0) is 22.7. The fourth-order valence-electron chi connectivity index (χ4n) is 4.43. The van der Waals surface area contributed by atoms with Crippen molar-refractivity contribution in [2.75, 3.05) is 6.54 Å². The molecule has 0 bridgehead atoms. The van der Waals surface area contributed by atoms with Crippen LogP contribution in [0.15, 0.2) is 44.1 Å². The van der Waals surface area contributed by atoms with Crippen molar-refractivity contribution < 1.29 is 17.6 Å². The van der Waals surface area contributed by atoms with Crippen LogP contribution in [0, 0.1) is 0 Å². The van der Waals surface area contributed by atoms with Crippen LogP contribution in [0.4, 0.5) is 13.2 Å². The molecule has 9 heteroatoms. The maximum Gasteiger partial charge on any atom is 0.420 e. The van der Waals surface area contributed by atoms with E-state index < -0.39 is 36.1 Å². The Morgan fingerprint density at radius 1 is 1.19 bits per heavy atom. The Kier molecular flexibility index (Phi) is 5.33. The Hall–Kier alpha value is -2.13. The summed E-state index contributed by atoms with van der Waals surface area (Å²) in [5.74, 6) is -0.473. The first-order valence-electron chi connectivity index (χ1n) is 9.98. The van der Waals surface area contributed by atoms with Crippen LogP contribution < -0.4 is 5.76 Å². The predicted octanol–water partition coefficient (Wildman–Crippen LogP) is 5.41. The molecule has 1 aliphatic rings. The molecule has 166 valence electrons. The third-order valence-corrected chi connectivity index (χ3v) is 6.11. The number of benzene rings is 1. The molecule has 3 aromatic rings. The number of hydrogen-bond acceptors (Lipinski definition) is 4. The van der Waals surface area contributed by atoms with E-state index in [-0.39, 0.29) is 0 Å². The van der Waals surface area contributed by atoms with Gasteiger partial charge in [-0.25, -0.2) is 4.79 Å². The Morgan fingerprint density at radius 3 is 2.48 bits per heavy atom. The number of nitrogens with zero attached hydrogens (tertiary/aromatic N) is 3. The second kappa shape index (κ2) is 7.48. The number of rotatable bonds is 2. The molecule has 1 aliphatic heterocycles. The number of hydrogen-bond donors (Lipinski definition) is 0. The highest BCUT2D eigenvalue weighted by Gasteiger charge is 2.42. The Labute approximate surface area is 186 Å². The van der Waals surface area contributed by atoms with Crippen molar-refractivity contribution in [2.24, 2.45) is 0 Å². The van der Waals surface area contributed by atoms with Gasteiger partial charge in [0.25, 0.3) is 0 Å². The Bertz CT molecular complexity index is 1180. The molecule has 0 N–H and O–H groups in total. The molecule has 0 radical (unpaired) electrons. The van der Waals surface area contributed by atoms with Crippen molar-refractivity contribution in [1.82, 2.24) is 14.5 Å². The minimum absolute atomic E-state index is 0.340. The van der Waals surface area contributed by atoms with Gasteiger partial charge in [-0.3, -0.25) is 14.5 Å². The summed E-state index contributed by atoms with van der Waals surface area (Å²) < 4.78 is 48.3. The van der Waals surface area contributed by atoms with Crippen LogP contribution in [-0.2, 0) is 12.0 Å². The topological polar surface area (TPSA) is 51.3 Å². The second-order valence-corrected chi connectivity index (χ2v) is 9.92. The highest BCUT2D eigenvalue weighted by atomic mass is 79.9. The maximum atomic E-state index is 13.5. The van der Waals surface area contributed by atoms with Crippen LogP contribution in [0.1, 0.15) is 50.6 Å². The van der Waals surface area contributed by atoms with Crippen molar-refractivity contribution >= 4 is 27.0 Å². The molecule has 0 saturated carbocycles. The van der Waals surface area contributed by atoms with Crippen LogP contribution in [0.3, 0.4) is 0 Å². The molecule has 2 aromatic heterocycles. The van der Waals surface area contributed by atoms with E-state index in [0.717, 1.165) is 10.0 Å². The van der Waals surface area contributed by atoms with Crippen LogP contribution in [-0.4, -0.2) is 33.2 Å². The average Bonchev–Trinajstić information content (AvgIpc) is 2.99. The summed E-state index contributed by atoms with van der Waals surface area (Å²) in [6.07, 6.45) is -2.44. The number of alkyl halides is 3. The molecule has 5 nitrogen and oxygen atoms in total. The van der Waals surface area contributed by atoms with Crippen molar-refractivity contribution in [2.45, 2.75) is 57.9 Å². The molecule has 4 rings (SSSR count). The Morgan fingerprint density at radius 2 is 1.90 bits per heavy atom. The lowest BCUT2D eigenvalue weighted by molar-refractivity contribution is -0.155. The van der Waals surface area contributed by atoms with Crippen LogP contribution in [0.2, 0.25) is 0 Å². The molecule has 31 heavy (non-hydrogen) atoms. The van der Waals surface area contributed by atoms with E-state index in [1.807, 2.05) is 20.8 Å². The van der Waals surface area contributed by atoms with Gasteiger partial charge in [-0.15, -0.1) is 0 Å². The van der Waals surface area contributed by atoms with Gasteiger partial charge in [0.1, 0.15) is 0 Å². The van der Waals surface area contributed by atoms with Crippen molar-refractivity contribution in [3.63, 3.8) is 0 Å². The van der Waals surface area contributed by atoms with Crippen molar-refractivity contribution in [3.8, 4) is 0 Å². The third kappa shape index (κ3) is 4.05. The van der Waals surface area contributed by atoms with Gasteiger partial charge >= 0.3 is 11.9 Å². The zero-order valence-electron chi connectivity index (χ0n) is 17.6. The normalized spacial score (nSPS) is 20.3. The van der Waals surface area contributed by atoms with Gasteiger partial charge in [-0.05, 0) is 73.8 Å². The first kappa shape index (κ1) is 22.1.